The van der Waals surface area contributed by atoms with E-state index >= 15 is 0 Å². The molecule has 0 saturated carbocycles. The third kappa shape index (κ3) is 4.97. The Morgan fingerprint density at radius 1 is 1.08 bits per heavy atom. The second-order valence-corrected chi connectivity index (χ2v) is 5.71. The summed E-state index contributed by atoms with van der Waals surface area (Å²) >= 11 is 0. The van der Waals surface area contributed by atoms with Gasteiger partial charge in [0.25, 0.3) is 0 Å². The highest BCUT2D eigenvalue weighted by Crippen LogP contribution is 2.21. The first-order chi connectivity index (χ1) is 11.8. The van der Waals surface area contributed by atoms with Crippen LogP contribution >= 0.6 is 0 Å². The Bertz CT molecular complexity index is 823. The van der Waals surface area contributed by atoms with Crippen molar-refractivity contribution in [1.82, 2.24) is 0 Å². The van der Waals surface area contributed by atoms with Crippen molar-refractivity contribution in [2.24, 2.45) is 0 Å². The maximum absolute atomic E-state index is 12.0. The molecule has 0 aromatic heterocycles. The number of benzene rings is 2. The summed E-state index contributed by atoms with van der Waals surface area (Å²) in [5.74, 6) is -0.700. The molecule has 2 rings (SSSR count). The van der Waals surface area contributed by atoms with Gasteiger partial charge in [-0.15, -0.1) is 0 Å². The van der Waals surface area contributed by atoms with Crippen LogP contribution in [0.3, 0.4) is 0 Å². The van der Waals surface area contributed by atoms with E-state index in [0.717, 1.165) is 0 Å². The van der Waals surface area contributed by atoms with Crippen LogP contribution in [0.2, 0.25) is 0 Å². The summed E-state index contributed by atoms with van der Waals surface area (Å²) in [4.78, 5) is 23.0. The summed E-state index contributed by atoms with van der Waals surface area (Å²) in [6.45, 7) is 2.90. The smallest absolute Gasteiger partial charge is 0.347 e. The molecule has 0 bridgehead atoms. The molecule has 0 unspecified atom stereocenters. The average Bonchev–Trinajstić information content (AvgIpc) is 2.56. The van der Waals surface area contributed by atoms with Gasteiger partial charge < -0.3 is 20.5 Å². The summed E-state index contributed by atoms with van der Waals surface area (Å²) in [5.41, 5.74) is 0.104. The lowest BCUT2D eigenvalue weighted by Crippen LogP contribution is -2.37. The Hall–Kier alpha value is -3.53. The average molecular weight is 339 g/mol. The van der Waals surface area contributed by atoms with Crippen LogP contribution in [0.1, 0.15) is 19.4 Å². The van der Waals surface area contributed by atoms with Gasteiger partial charge in [0.1, 0.15) is 5.75 Å². The van der Waals surface area contributed by atoms with Crippen molar-refractivity contribution in [3.8, 4) is 11.8 Å². The van der Waals surface area contributed by atoms with Gasteiger partial charge in [-0.2, -0.15) is 5.26 Å². The fraction of sp³-hybridized carbons (Fsp3) is 0.167. The van der Waals surface area contributed by atoms with Crippen LogP contribution in [0.4, 0.5) is 16.2 Å². The SMILES string of the molecule is CC(C)(Oc1ccc(NC(=O)Nc2cccc(C#N)c2)cc1)C(=O)O. The Balaban J connectivity index is 1.97. The number of nitrogens with zero attached hydrogens (tertiary/aromatic N) is 1. The van der Waals surface area contributed by atoms with Gasteiger partial charge in [0, 0.05) is 11.4 Å². The predicted molar refractivity (Wildman–Crippen MR) is 92.6 cm³/mol. The molecule has 0 aliphatic rings. The number of ether oxygens (including phenoxy) is 1. The third-order valence-electron chi connectivity index (χ3n) is 3.25. The first-order valence-electron chi connectivity index (χ1n) is 7.41. The molecule has 0 saturated heterocycles. The quantitative estimate of drug-likeness (QED) is 0.772. The van der Waals surface area contributed by atoms with Crippen molar-refractivity contribution in [3.05, 3.63) is 54.1 Å². The van der Waals surface area contributed by atoms with Crippen LogP contribution in [0.15, 0.2) is 48.5 Å². The number of nitriles is 1. The Kier molecular flexibility index (Phi) is 5.25. The van der Waals surface area contributed by atoms with Crippen molar-refractivity contribution in [2.75, 3.05) is 10.6 Å². The standard InChI is InChI=1S/C18H17N3O4/c1-18(2,16(22)23)25-15-8-6-13(7-9-15)20-17(24)21-14-5-3-4-12(10-14)11-19/h3-10H,1-2H3,(H,22,23)(H2,20,21,24). The second-order valence-electron chi connectivity index (χ2n) is 5.71. The first-order valence-corrected chi connectivity index (χ1v) is 7.41. The number of urea groups is 1. The number of carboxylic acids is 1. The molecule has 0 heterocycles. The van der Waals surface area contributed by atoms with E-state index in [0.29, 0.717) is 22.7 Å². The van der Waals surface area contributed by atoms with Crippen molar-refractivity contribution >= 4 is 23.4 Å². The minimum atomic E-state index is -1.35. The van der Waals surface area contributed by atoms with Crippen molar-refractivity contribution in [1.29, 1.82) is 5.26 Å². The highest BCUT2D eigenvalue weighted by atomic mass is 16.5. The fourth-order valence-corrected chi connectivity index (χ4v) is 1.90. The van der Waals surface area contributed by atoms with Crippen molar-refractivity contribution in [3.63, 3.8) is 0 Å². The molecule has 128 valence electrons. The molecule has 0 radical (unpaired) electrons. The number of hydrogen-bond acceptors (Lipinski definition) is 4. The van der Waals surface area contributed by atoms with E-state index in [4.69, 9.17) is 15.1 Å². The molecule has 2 aromatic carbocycles. The highest BCUT2D eigenvalue weighted by molar-refractivity contribution is 5.99. The molecule has 3 N–H and O–H groups in total. The third-order valence-corrected chi connectivity index (χ3v) is 3.25. The van der Waals surface area contributed by atoms with Gasteiger partial charge in [-0.1, -0.05) is 6.07 Å². The number of carbonyl (C=O) groups excluding carboxylic acids is 1. The maximum Gasteiger partial charge on any atom is 0.347 e. The lowest BCUT2D eigenvalue weighted by molar-refractivity contribution is -0.152. The molecule has 7 heteroatoms. The number of aliphatic carboxylic acids is 1. The lowest BCUT2D eigenvalue weighted by atomic mass is 10.1. The summed E-state index contributed by atoms with van der Waals surface area (Å²) in [5, 5.41) is 23.1. The first kappa shape index (κ1) is 17.8. The molecule has 2 amide bonds. The molecule has 2 aromatic rings. The van der Waals surface area contributed by atoms with Crippen LogP contribution < -0.4 is 15.4 Å². The summed E-state index contributed by atoms with van der Waals surface area (Å²) in [7, 11) is 0. The second kappa shape index (κ2) is 7.36. The monoisotopic (exact) mass is 339 g/mol. The summed E-state index contributed by atoms with van der Waals surface area (Å²) < 4.78 is 5.39. The number of carboxylic acid groups (broad SMARTS) is 1. The van der Waals surface area contributed by atoms with Gasteiger partial charge in [0.2, 0.25) is 0 Å². The van der Waals surface area contributed by atoms with Gasteiger partial charge in [0.15, 0.2) is 5.60 Å². The number of hydrogen-bond donors (Lipinski definition) is 3. The molecule has 0 atom stereocenters. The van der Waals surface area contributed by atoms with E-state index in [1.54, 1.807) is 48.5 Å². The van der Waals surface area contributed by atoms with Gasteiger partial charge >= 0.3 is 12.0 Å². The Labute approximate surface area is 144 Å². The zero-order valence-electron chi connectivity index (χ0n) is 13.7. The molecule has 7 nitrogen and oxygen atoms in total. The fourth-order valence-electron chi connectivity index (χ4n) is 1.90. The molecule has 0 aliphatic heterocycles. The van der Waals surface area contributed by atoms with Crippen LogP contribution in [0.5, 0.6) is 5.75 Å². The van der Waals surface area contributed by atoms with E-state index < -0.39 is 17.6 Å². The number of carbonyl (C=O) groups is 2. The molecular formula is C18H17N3O4. The maximum atomic E-state index is 12.0. The number of anilines is 2. The van der Waals surface area contributed by atoms with Gasteiger partial charge in [0.05, 0.1) is 11.6 Å². The zero-order chi connectivity index (χ0) is 18.4. The normalized spacial score (nSPS) is 10.4. The number of rotatable bonds is 5. The lowest BCUT2D eigenvalue weighted by Gasteiger charge is -2.21. The molecule has 0 fully saturated rings. The minimum Gasteiger partial charge on any atom is -0.478 e. The van der Waals surface area contributed by atoms with E-state index in [1.807, 2.05) is 6.07 Å². The molecule has 0 aliphatic carbocycles. The van der Waals surface area contributed by atoms with Gasteiger partial charge in [-0.25, -0.2) is 9.59 Å². The zero-order valence-corrected chi connectivity index (χ0v) is 13.7. The van der Waals surface area contributed by atoms with Crippen LogP contribution in [0, 0.1) is 11.3 Å². The van der Waals surface area contributed by atoms with Gasteiger partial charge in [-0.3, -0.25) is 0 Å². The topological polar surface area (TPSA) is 111 Å². The van der Waals surface area contributed by atoms with Crippen LogP contribution in [-0.4, -0.2) is 22.7 Å². The minimum absolute atomic E-state index is 0.375. The molecular weight excluding hydrogens is 322 g/mol. The van der Waals surface area contributed by atoms with Crippen molar-refractivity contribution < 1.29 is 19.4 Å². The van der Waals surface area contributed by atoms with Crippen molar-refractivity contribution in [2.45, 2.75) is 19.4 Å². The molecule has 25 heavy (non-hydrogen) atoms. The predicted octanol–water partition coefficient (Wildman–Crippen LogP) is 3.44. The van der Waals surface area contributed by atoms with E-state index in [9.17, 15) is 9.59 Å². The number of amides is 2. The van der Waals surface area contributed by atoms with Crippen LogP contribution in [0.25, 0.3) is 0 Å². The largest absolute Gasteiger partial charge is 0.478 e. The Morgan fingerprint density at radius 2 is 1.72 bits per heavy atom. The summed E-state index contributed by atoms with van der Waals surface area (Å²) in [6.07, 6.45) is 0. The highest BCUT2D eigenvalue weighted by Gasteiger charge is 2.29. The van der Waals surface area contributed by atoms with Gasteiger partial charge in [-0.05, 0) is 56.3 Å². The molecule has 0 spiro atoms. The van der Waals surface area contributed by atoms with Crippen LogP contribution in [-0.2, 0) is 4.79 Å². The number of nitrogens with one attached hydrogen (secondary N) is 2. The van der Waals surface area contributed by atoms with E-state index in [1.165, 1.54) is 13.8 Å². The van der Waals surface area contributed by atoms with E-state index in [2.05, 4.69) is 10.6 Å². The van der Waals surface area contributed by atoms with E-state index in [-0.39, 0.29) is 0 Å². The summed E-state index contributed by atoms with van der Waals surface area (Å²) in [6, 6.07) is 14.4. The Morgan fingerprint density at radius 3 is 2.32 bits per heavy atom.